The van der Waals surface area contributed by atoms with Crippen molar-refractivity contribution in [3.8, 4) is 5.75 Å². The van der Waals surface area contributed by atoms with Crippen LogP contribution in [-0.4, -0.2) is 34.6 Å². The van der Waals surface area contributed by atoms with Crippen molar-refractivity contribution in [1.82, 2.24) is 15.1 Å². The van der Waals surface area contributed by atoms with Gasteiger partial charge in [0.05, 0.1) is 13.3 Å². The van der Waals surface area contributed by atoms with Crippen molar-refractivity contribution < 1.29 is 9.84 Å². The van der Waals surface area contributed by atoms with Crippen molar-refractivity contribution in [3.05, 3.63) is 11.9 Å². The lowest BCUT2D eigenvalue weighted by atomic mass is 10.0. The zero-order valence-electron chi connectivity index (χ0n) is 12.0. The van der Waals surface area contributed by atoms with Crippen LogP contribution < -0.4 is 10.1 Å². The summed E-state index contributed by atoms with van der Waals surface area (Å²) in [6.07, 6.45) is 2.63. The minimum atomic E-state index is -0.999. The molecule has 1 atom stereocenters. The van der Waals surface area contributed by atoms with E-state index in [0.717, 1.165) is 18.7 Å². The molecule has 0 aliphatic heterocycles. The highest BCUT2D eigenvalue weighted by Crippen LogP contribution is 2.29. The lowest BCUT2D eigenvalue weighted by molar-refractivity contribution is 0.0428. The first-order chi connectivity index (χ1) is 8.42. The third-order valence-corrected chi connectivity index (χ3v) is 2.83. The maximum atomic E-state index is 10.6. The van der Waals surface area contributed by atoms with Gasteiger partial charge >= 0.3 is 0 Å². The molecule has 5 nitrogen and oxygen atoms in total. The van der Waals surface area contributed by atoms with E-state index in [0.29, 0.717) is 18.3 Å². The standard InChI is InChI=1S/C13H25N3O2/c1-6-7-16-12(11(18-5)8-15-16)13(4,17)9-14-10(2)3/h8,10,14,17H,6-7,9H2,1-5H3. The summed E-state index contributed by atoms with van der Waals surface area (Å²) in [5.41, 5.74) is -0.263. The molecule has 1 heterocycles. The topological polar surface area (TPSA) is 59.3 Å². The Morgan fingerprint density at radius 1 is 1.56 bits per heavy atom. The van der Waals surface area contributed by atoms with E-state index >= 15 is 0 Å². The van der Waals surface area contributed by atoms with E-state index < -0.39 is 5.60 Å². The average Bonchev–Trinajstić information content (AvgIpc) is 2.71. The number of ether oxygens (including phenoxy) is 1. The van der Waals surface area contributed by atoms with Crippen LogP contribution in [0.25, 0.3) is 0 Å². The Morgan fingerprint density at radius 2 is 2.22 bits per heavy atom. The fourth-order valence-corrected chi connectivity index (χ4v) is 1.93. The number of methoxy groups -OCH3 is 1. The lowest BCUT2D eigenvalue weighted by Gasteiger charge is -2.26. The summed E-state index contributed by atoms with van der Waals surface area (Å²) in [6.45, 7) is 9.22. The first kappa shape index (κ1) is 15.0. The quantitative estimate of drug-likeness (QED) is 0.775. The van der Waals surface area contributed by atoms with E-state index in [2.05, 4.69) is 31.2 Å². The summed E-state index contributed by atoms with van der Waals surface area (Å²) in [5.74, 6) is 0.638. The van der Waals surface area contributed by atoms with Gasteiger partial charge in [-0.15, -0.1) is 0 Å². The Morgan fingerprint density at radius 3 is 2.72 bits per heavy atom. The fourth-order valence-electron chi connectivity index (χ4n) is 1.93. The molecule has 0 fully saturated rings. The minimum Gasteiger partial charge on any atom is -0.493 e. The molecule has 0 aliphatic carbocycles. The Bertz CT molecular complexity index is 372. The predicted molar refractivity (Wildman–Crippen MR) is 71.8 cm³/mol. The Balaban J connectivity index is 2.99. The van der Waals surface area contributed by atoms with Gasteiger partial charge in [-0.25, -0.2) is 0 Å². The highest BCUT2D eigenvalue weighted by Gasteiger charge is 2.31. The summed E-state index contributed by atoms with van der Waals surface area (Å²) in [5, 5.41) is 18.2. The summed E-state index contributed by atoms with van der Waals surface area (Å²) in [7, 11) is 1.60. The summed E-state index contributed by atoms with van der Waals surface area (Å²) in [6, 6.07) is 0.324. The SMILES string of the molecule is CCCn1ncc(OC)c1C(C)(O)CNC(C)C. The molecule has 1 unspecified atom stereocenters. The monoisotopic (exact) mass is 255 g/mol. The van der Waals surface area contributed by atoms with Crippen molar-refractivity contribution in [1.29, 1.82) is 0 Å². The lowest BCUT2D eigenvalue weighted by Crippen LogP contribution is -2.40. The van der Waals surface area contributed by atoms with Crippen molar-refractivity contribution in [2.45, 2.75) is 52.3 Å². The molecule has 0 aromatic carbocycles. The second kappa shape index (κ2) is 6.20. The molecule has 18 heavy (non-hydrogen) atoms. The van der Waals surface area contributed by atoms with Crippen LogP contribution in [0.3, 0.4) is 0 Å². The maximum Gasteiger partial charge on any atom is 0.162 e. The maximum absolute atomic E-state index is 10.6. The van der Waals surface area contributed by atoms with E-state index in [1.807, 2.05) is 4.68 Å². The van der Waals surface area contributed by atoms with E-state index in [9.17, 15) is 5.11 Å². The number of nitrogens with one attached hydrogen (secondary N) is 1. The van der Waals surface area contributed by atoms with E-state index in [1.165, 1.54) is 0 Å². The first-order valence-electron chi connectivity index (χ1n) is 6.48. The molecule has 1 aromatic heterocycles. The van der Waals surface area contributed by atoms with Gasteiger partial charge in [0.2, 0.25) is 0 Å². The Kier molecular flexibility index (Phi) is 5.16. The minimum absolute atomic E-state index is 0.324. The van der Waals surface area contributed by atoms with Gasteiger partial charge in [-0.05, 0) is 13.3 Å². The fraction of sp³-hybridized carbons (Fsp3) is 0.769. The summed E-state index contributed by atoms with van der Waals surface area (Å²) in [4.78, 5) is 0. The van der Waals surface area contributed by atoms with Gasteiger partial charge in [-0.3, -0.25) is 4.68 Å². The van der Waals surface area contributed by atoms with Crippen LogP contribution in [0.5, 0.6) is 5.75 Å². The number of nitrogens with zero attached hydrogens (tertiary/aromatic N) is 2. The zero-order valence-corrected chi connectivity index (χ0v) is 12.0. The molecule has 0 amide bonds. The van der Waals surface area contributed by atoms with Crippen molar-refractivity contribution in [2.24, 2.45) is 0 Å². The molecular weight excluding hydrogens is 230 g/mol. The van der Waals surface area contributed by atoms with Gasteiger partial charge < -0.3 is 15.2 Å². The molecule has 0 saturated carbocycles. The highest BCUT2D eigenvalue weighted by molar-refractivity contribution is 5.30. The number of rotatable bonds is 7. The van der Waals surface area contributed by atoms with E-state index in [-0.39, 0.29) is 0 Å². The second-order valence-electron chi connectivity index (χ2n) is 5.09. The van der Waals surface area contributed by atoms with Gasteiger partial charge in [-0.2, -0.15) is 5.10 Å². The van der Waals surface area contributed by atoms with Crippen LogP contribution in [0.15, 0.2) is 6.20 Å². The molecule has 0 saturated heterocycles. The van der Waals surface area contributed by atoms with E-state index in [4.69, 9.17) is 4.74 Å². The molecular formula is C13H25N3O2. The zero-order chi connectivity index (χ0) is 13.8. The number of aromatic nitrogens is 2. The van der Waals surface area contributed by atoms with Gasteiger partial charge in [-0.1, -0.05) is 20.8 Å². The average molecular weight is 255 g/mol. The van der Waals surface area contributed by atoms with Crippen LogP contribution in [-0.2, 0) is 12.1 Å². The first-order valence-corrected chi connectivity index (χ1v) is 6.48. The van der Waals surface area contributed by atoms with Crippen LogP contribution in [0.4, 0.5) is 0 Å². The van der Waals surface area contributed by atoms with Gasteiger partial charge in [0, 0.05) is 19.1 Å². The largest absolute Gasteiger partial charge is 0.493 e. The molecule has 2 N–H and O–H groups in total. The Labute approximate surface area is 109 Å². The normalized spacial score (nSPS) is 14.8. The molecule has 0 radical (unpaired) electrons. The van der Waals surface area contributed by atoms with Crippen molar-refractivity contribution in [3.63, 3.8) is 0 Å². The van der Waals surface area contributed by atoms with Crippen LogP contribution in [0, 0.1) is 0 Å². The number of aliphatic hydroxyl groups is 1. The highest BCUT2D eigenvalue weighted by atomic mass is 16.5. The number of aryl methyl sites for hydroxylation is 1. The number of hydrogen-bond donors (Lipinski definition) is 2. The second-order valence-corrected chi connectivity index (χ2v) is 5.09. The number of hydrogen-bond acceptors (Lipinski definition) is 4. The molecule has 0 spiro atoms. The van der Waals surface area contributed by atoms with Crippen molar-refractivity contribution in [2.75, 3.05) is 13.7 Å². The molecule has 5 heteroatoms. The van der Waals surface area contributed by atoms with E-state index in [1.54, 1.807) is 20.2 Å². The Hall–Kier alpha value is -1.07. The third kappa shape index (κ3) is 3.46. The van der Waals surface area contributed by atoms with Crippen LogP contribution >= 0.6 is 0 Å². The van der Waals surface area contributed by atoms with Gasteiger partial charge in [0.25, 0.3) is 0 Å². The summed E-state index contributed by atoms with van der Waals surface area (Å²) >= 11 is 0. The molecule has 0 bridgehead atoms. The third-order valence-electron chi connectivity index (χ3n) is 2.83. The molecule has 104 valence electrons. The predicted octanol–water partition coefficient (Wildman–Crippen LogP) is 1.51. The van der Waals surface area contributed by atoms with Crippen LogP contribution in [0.1, 0.15) is 39.8 Å². The van der Waals surface area contributed by atoms with Crippen LogP contribution in [0.2, 0.25) is 0 Å². The van der Waals surface area contributed by atoms with Crippen molar-refractivity contribution >= 4 is 0 Å². The molecule has 0 aliphatic rings. The van der Waals surface area contributed by atoms with Gasteiger partial charge in [0.15, 0.2) is 5.75 Å². The molecule has 1 aromatic rings. The van der Waals surface area contributed by atoms with Gasteiger partial charge in [0.1, 0.15) is 11.3 Å². The summed E-state index contributed by atoms with van der Waals surface area (Å²) < 4.78 is 7.11. The molecule has 1 rings (SSSR count). The smallest absolute Gasteiger partial charge is 0.162 e.